The molecule has 4 nitrogen and oxygen atoms in total. The van der Waals surface area contributed by atoms with Crippen LogP contribution in [0, 0.1) is 5.92 Å². The van der Waals surface area contributed by atoms with Crippen molar-refractivity contribution in [2.75, 3.05) is 32.1 Å². The number of hydrogen-bond donors (Lipinski definition) is 1. The Morgan fingerprint density at radius 3 is 2.94 bits per heavy atom. The average Bonchev–Trinajstić information content (AvgIpc) is 2.83. The predicted molar refractivity (Wildman–Crippen MR) is 69.5 cm³/mol. The van der Waals surface area contributed by atoms with Gasteiger partial charge >= 0.3 is 6.03 Å². The molecule has 0 aromatic carbocycles. The van der Waals surface area contributed by atoms with E-state index in [4.69, 9.17) is 4.74 Å². The largest absolute Gasteiger partial charge is 0.384 e. The van der Waals surface area contributed by atoms with E-state index in [2.05, 4.69) is 5.32 Å². The van der Waals surface area contributed by atoms with Crippen molar-refractivity contribution in [3.8, 4) is 0 Å². The fraction of sp³-hybridized carbons (Fsp3) is 0.583. The van der Waals surface area contributed by atoms with Crippen LogP contribution in [0.1, 0.15) is 12.8 Å². The van der Waals surface area contributed by atoms with Gasteiger partial charge in [-0.15, -0.1) is 11.3 Å². The number of urea groups is 1. The lowest BCUT2D eigenvalue weighted by atomic mass is 9.98. The third-order valence-electron chi connectivity index (χ3n) is 3.06. The number of likely N-dealkylation sites (tertiary alicyclic amines) is 1. The van der Waals surface area contributed by atoms with Crippen LogP contribution in [-0.4, -0.2) is 37.7 Å². The zero-order chi connectivity index (χ0) is 12.1. The lowest BCUT2D eigenvalue weighted by Gasteiger charge is -2.31. The molecular weight excluding hydrogens is 236 g/mol. The van der Waals surface area contributed by atoms with Gasteiger partial charge in [0.25, 0.3) is 0 Å². The molecule has 0 bridgehead atoms. The van der Waals surface area contributed by atoms with E-state index in [0.717, 1.165) is 37.5 Å². The summed E-state index contributed by atoms with van der Waals surface area (Å²) >= 11 is 1.55. The normalized spacial score (nSPS) is 17.1. The van der Waals surface area contributed by atoms with Crippen LogP contribution >= 0.6 is 11.3 Å². The Morgan fingerprint density at radius 2 is 2.35 bits per heavy atom. The van der Waals surface area contributed by atoms with Gasteiger partial charge in [-0.1, -0.05) is 0 Å². The molecule has 0 saturated carbocycles. The standard InChI is InChI=1S/C12H18N2O2S/c1-16-9-10-4-6-14(7-5-10)12(15)13-11-3-2-8-17-11/h2-3,8,10H,4-7,9H2,1H3,(H,13,15). The van der Waals surface area contributed by atoms with Crippen molar-refractivity contribution < 1.29 is 9.53 Å². The van der Waals surface area contributed by atoms with Crippen LogP contribution in [-0.2, 0) is 4.74 Å². The van der Waals surface area contributed by atoms with Gasteiger partial charge in [-0.05, 0) is 36.3 Å². The molecule has 1 N–H and O–H groups in total. The molecule has 1 aliphatic heterocycles. The molecule has 1 saturated heterocycles. The second kappa shape index (κ2) is 6.02. The minimum atomic E-state index is 0.0170. The van der Waals surface area contributed by atoms with Crippen molar-refractivity contribution in [1.82, 2.24) is 4.90 Å². The van der Waals surface area contributed by atoms with Gasteiger partial charge in [0.15, 0.2) is 0 Å². The van der Waals surface area contributed by atoms with Gasteiger partial charge in [-0.25, -0.2) is 4.79 Å². The summed E-state index contributed by atoms with van der Waals surface area (Å²) in [5, 5.41) is 5.78. The number of piperidine rings is 1. The van der Waals surface area contributed by atoms with E-state index in [9.17, 15) is 4.79 Å². The predicted octanol–water partition coefficient (Wildman–Crippen LogP) is 2.64. The van der Waals surface area contributed by atoms with E-state index in [-0.39, 0.29) is 6.03 Å². The van der Waals surface area contributed by atoms with Crippen LogP contribution < -0.4 is 5.32 Å². The van der Waals surface area contributed by atoms with E-state index < -0.39 is 0 Å². The van der Waals surface area contributed by atoms with Crippen molar-refractivity contribution in [1.29, 1.82) is 0 Å². The summed E-state index contributed by atoms with van der Waals surface area (Å²) in [5.74, 6) is 0.603. The van der Waals surface area contributed by atoms with Crippen LogP contribution in [0.25, 0.3) is 0 Å². The van der Waals surface area contributed by atoms with E-state index >= 15 is 0 Å². The number of hydrogen-bond acceptors (Lipinski definition) is 3. The first kappa shape index (κ1) is 12.4. The first-order valence-electron chi connectivity index (χ1n) is 5.88. The molecule has 1 fully saturated rings. The van der Waals surface area contributed by atoms with Crippen molar-refractivity contribution >= 4 is 22.4 Å². The van der Waals surface area contributed by atoms with Gasteiger partial charge in [-0.3, -0.25) is 5.32 Å². The lowest BCUT2D eigenvalue weighted by Crippen LogP contribution is -2.41. The van der Waals surface area contributed by atoms with Gasteiger partial charge in [0.1, 0.15) is 0 Å². The van der Waals surface area contributed by atoms with Crippen molar-refractivity contribution in [3.05, 3.63) is 17.5 Å². The zero-order valence-corrected chi connectivity index (χ0v) is 10.8. The zero-order valence-electron chi connectivity index (χ0n) is 10.0. The molecule has 2 amide bonds. The Labute approximate surface area is 106 Å². The number of amides is 2. The number of nitrogens with zero attached hydrogens (tertiary/aromatic N) is 1. The molecule has 1 aromatic rings. The average molecular weight is 254 g/mol. The summed E-state index contributed by atoms with van der Waals surface area (Å²) in [5.41, 5.74) is 0. The Balaban J connectivity index is 1.78. The molecule has 0 aliphatic carbocycles. The number of rotatable bonds is 3. The maximum Gasteiger partial charge on any atom is 0.322 e. The SMILES string of the molecule is COCC1CCN(C(=O)Nc2cccs2)CC1. The molecular formula is C12H18N2O2S. The number of carbonyl (C=O) groups is 1. The number of nitrogens with one attached hydrogen (secondary N) is 1. The van der Waals surface area contributed by atoms with Crippen LogP contribution in [0.2, 0.25) is 0 Å². The Morgan fingerprint density at radius 1 is 1.59 bits per heavy atom. The van der Waals surface area contributed by atoms with Crippen molar-refractivity contribution in [2.24, 2.45) is 5.92 Å². The third kappa shape index (κ3) is 3.44. The molecule has 0 atom stereocenters. The second-order valence-corrected chi connectivity index (χ2v) is 5.24. The monoisotopic (exact) mass is 254 g/mol. The fourth-order valence-electron chi connectivity index (χ4n) is 2.07. The quantitative estimate of drug-likeness (QED) is 0.901. The van der Waals surface area contributed by atoms with E-state index in [1.807, 2.05) is 22.4 Å². The lowest BCUT2D eigenvalue weighted by molar-refractivity contribution is 0.110. The summed E-state index contributed by atoms with van der Waals surface area (Å²) < 4.78 is 5.14. The van der Waals surface area contributed by atoms with Crippen molar-refractivity contribution in [3.63, 3.8) is 0 Å². The Bertz CT molecular complexity index is 345. The molecule has 1 aromatic heterocycles. The summed E-state index contributed by atoms with van der Waals surface area (Å²) in [4.78, 5) is 13.8. The van der Waals surface area contributed by atoms with Gasteiger partial charge in [0, 0.05) is 26.8 Å². The van der Waals surface area contributed by atoms with E-state index in [1.54, 1.807) is 18.4 Å². The maximum absolute atomic E-state index is 11.9. The Kier molecular flexibility index (Phi) is 4.39. The number of thiophene rings is 1. The van der Waals surface area contributed by atoms with Crippen molar-refractivity contribution in [2.45, 2.75) is 12.8 Å². The first-order chi connectivity index (χ1) is 8.29. The maximum atomic E-state index is 11.9. The molecule has 0 unspecified atom stereocenters. The number of ether oxygens (including phenoxy) is 1. The van der Waals surface area contributed by atoms with Gasteiger partial charge in [0.05, 0.1) is 5.00 Å². The summed E-state index contributed by atoms with van der Waals surface area (Å²) in [6.45, 7) is 2.46. The van der Waals surface area contributed by atoms with Crippen LogP contribution in [0.5, 0.6) is 0 Å². The summed E-state index contributed by atoms with van der Waals surface area (Å²) in [6.07, 6.45) is 2.07. The highest BCUT2D eigenvalue weighted by Gasteiger charge is 2.22. The highest BCUT2D eigenvalue weighted by molar-refractivity contribution is 7.14. The smallest absolute Gasteiger partial charge is 0.322 e. The highest BCUT2D eigenvalue weighted by Crippen LogP contribution is 2.20. The van der Waals surface area contributed by atoms with Crippen LogP contribution in [0.3, 0.4) is 0 Å². The fourth-order valence-corrected chi connectivity index (χ4v) is 2.68. The van der Waals surface area contributed by atoms with Crippen LogP contribution in [0.4, 0.5) is 9.80 Å². The summed E-state index contributed by atoms with van der Waals surface area (Å²) in [7, 11) is 1.73. The third-order valence-corrected chi connectivity index (χ3v) is 3.84. The topological polar surface area (TPSA) is 41.6 Å². The van der Waals surface area contributed by atoms with Gasteiger partial charge in [0.2, 0.25) is 0 Å². The van der Waals surface area contributed by atoms with E-state index in [1.165, 1.54) is 0 Å². The molecule has 5 heteroatoms. The Hall–Kier alpha value is -1.07. The second-order valence-electron chi connectivity index (χ2n) is 4.29. The molecule has 2 rings (SSSR count). The number of carbonyl (C=O) groups excluding carboxylic acids is 1. The summed E-state index contributed by atoms with van der Waals surface area (Å²) in [6, 6.07) is 3.87. The molecule has 2 heterocycles. The van der Waals surface area contributed by atoms with Gasteiger partial charge < -0.3 is 9.64 Å². The minimum absolute atomic E-state index is 0.0170. The molecule has 17 heavy (non-hydrogen) atoms. The van der Waals surface area contributed by atoms with Crippen LogP contribution in [0.15, 0.2) is 17.5 Å². The highest BCUT2D eigenvalue weighted by atomic mass is 32.1. The number of anilines is 1. The molecule has 1 aliphatic rings. The number of methoxy groups -OCH3 is 1. The first-order valence-corrected chi connectivity index (χ1v) is 6.76. The molecule has 0 radical (unpaired) electrons. The molecule has 94 valence electrons. The van der Waals surface area contributed by atoms with E-state index in [0.29, 0.717) is 5.92 Å². The van der Waals surface area contributed by atoms with Gasteiger partial charge in [-0.2, -0.15) is 0 Å². The molecule has 0 spiro atoms. The minimum Gasteiger partial charge on any atom is -0.384 e.